The molecule has 0 aliphatic rings. The zero-order chi connectivity index (χ0) is 16.9. The van der Waals surface area contributed by atoms with Crippen LogP contribution in [0.25, 0.3) is 0 Å². The molecule has 2 rings (SSSR count). The number of hydrogen-bond acceptors (Lipinski definition) is 4. The van der Waals surface area contributed by atoms with Crippen LogP contribution in [0.1, 0.15) is 29.1 Å². The third-order valence-electron chi connectivity index (χ3n) is 3.09. The number of sulfonamides is 1. The van der Waals surface area contributed by atoms with E-state index in [4.69, 9.17) is 10.8 Å². The molecule has 0 aliphatic heterocycles. The number of amides is 1. The molecule has 0 bridgehead atoms. The van der Waals surface area contributed by atoms with Crippen molar-refractivity contribution in [3.05, 3.63) is 54.0 Å². The molecule has 0 fully saturated rings. The van der Waals surface area contributed by atoms with E-state index in [1.54, 1.807) is 19.1 Å². The maximum Gasteiger partial charge on any atom is 0.251 e. The molecule has 0 spiro atoms. The molecule has 0 radical (unpaired) electrons. The van der Waals surface area contributed by atoms with E-state index >= 15 is 0 Å². The number of terminal acetylenes is 1. The molecule has 0 saturated carbocycles. The second kappa shape index (κ2) is 7.13. The monoisotopic (exact) mass is 332 g/mol. The lowest BCUT2D eigenvalue weighted by Gasteiger charge is -2.12. The molecule has 1 amide bonds. The van der Waals surface area contributed by atoms with Crippen LogP contribution in [0.3, 0.4) is 0 Å². The van der Waals surface area contributed by atoms with Gasteiger partial charge in [-0.05, 0) is 37.3 Å². The molecule has 1 atom stereocenters. The third kappa shape index (κ3) is 4.22. The van der Waals surface area contributed by atoms with Crippen LogP contribution in [0.15, 0.2) is 52.0 Å². The Bertz CT molecular complexity index is 820. The molecule has 2 aromatic rings. The fourth-order valence-corrected chi connectivity index (χ4v) is 2.89. The predicted molar refractivity (Wildman–Crippen MR) is 85.1 cm³/mol. The Kier molecular flexibility index (Phi) is 5.21. The molecule has 2 N–H and O–H groups in total. The Morgan fingerprint density at radius 2 is 2.13 bits per heavy atom. The van der Waals surface area contributed by atoms with Gasteiger partial charge in [-0.1, -0.05) is 12.0 Å². The highest BCUT2D eigenvalue weighted by molar-refractivity contribution is 7.89. The molecule has 23 heavy (non-hydrogen) atoms. The Morgan fingerprint density at radius 1 is 1.35 bits per heavy atom. The number of carbonyl (C=O) groups excluding carboxylic acids is 1. The van der Waals surface area contributed by atoms with Crippen molar-refractivity contribution in [1.29, 1.82) is 0 Å². The van der Waals surface area contributed by atoms with Gasteiger partial charge in [0.25, 0.3) is 5.91 Å². The van der Waals surface area contributed by atoms with Crippen LogP contribution in [0.5, 0.6) is 0 Å². The van der Waals surface area contributed by atoms with E-state index < -0.39 is 15.9 Å². The summed E-state index contributed by atoms with van der Waals surface area (Å²) < 4.78 is 31.5. The van der Waals surface area contributed by atoms with E-state index in [2.05, 4.69) is 16.0 Å². The van der Waals surface area contributed by atoms with Gasteiger partial charge in [-0.2, -0.15) is 4.72 Å². The Labute approximate surface area is 134 Å². The first-order valence-electron chi connectivity index (χ1n) is 6.81. The first-order valence-corrected chi connectivity index (χ1v) is 8.30. The summed E-state index contributed by atoms with van der Waals surface area (Å²) in [5, 5.41) is 2.74. The van der Waals surface area contributed by atoms with E-state index in [0.29, 0.717) is 5.76 Å². The van der Waals surface area contributed by atoms with Crippen LogP contribution >= 0.6 is 0 Å². The maximum atomic E-state index is 12.2. The summed E-state index contributed by atoms with van der Waals surface area (Å²) in [6.45, 7) is 1.65. The van der Waals surface area contributed by atoms with Crippen molar-refractivity contribution < 1.29 is 17.6 Å². The lowest BCUT2D eigenvalue weighted by molar-refractivity contribution is 0.0935. The van der Waals surface area contributed by atoms with Gasteiger partial charge in [0.1, 0.15) is 5.76 Å². The lowest BCUT2D eigenvalue weighted by atomic mass is 10.2. The van der Waals surface area contributed by atoms with Gasteiger partial charge in [-0.15, -0.1) is 6.42 Å². The standard InChI is InChI=1S/C16H16N2O4S/c1-3-9-17-23(20,21)14-7-4-6-13(11-14)16(19)18-12(2)15-8-5-10-22-15/h1,4-8,10-12,17H,9H2,2H3,(H,18,19)/t12-/m1/s1. The highest BCUT2D eigenvalue weighted by atomic mass is 32.2. The maximum absolute atomic E-state index is 12.2. The quantitative estimate of drug-likeness (QED) is 0.788. The van der Waals surface area contributed by atoms with E-state index in [-0.39, 0.29) is 23.0 Å². The van der Waals surface area contributed by atoms with Crippen LogP contribution in [0, 0.1) is 12.3 Å². The van der Waals surface area contributed by atoms with E-state index in [1.807, 2.05) is 0 Å². The first kappa shape index (κ1) is 16.8. The normalized spacial score (nSPS) is 12.3. The predicted octanol–water partition coefficient (Wildman–Crippen LogP) is 1.68. The fourth-order valence-electron chi connectivity index (χ4n) is 1.91. The van der Waals surface area contributed by atoms with E-state index in [9.17, 15) is 13.2 Å². The molecule has 1 aromatic carbocycles. The number of carbonyl (C=O) groups is 1. The van der Waals surface area contributed by atoms with Crippen molar-refractivity contribution >= 4 is 15.9 Å². The molecular weight excluding hydrogens is 316 g/mol. The van der Waals surface area contributed by atoms with Gasteiger partial charge in [0.2, 0.25) is 10.0 Å². The highest BCUT2D eigenvalue weighted by Gasteiger charge is 2.17. The highest BCUT2D eigenvalue weighted by Crippen LogP contribution is 2.15. The van der Waals surface area contributed by atoms with Crippen molar-refractivity contribution in [2.45, 2.75) is 17.9 Å². The lowest BCUT2D eigenvalue weighted by Crippen LogP contribution is -2.27. The minimum Gasteiger partial charge on any atom is -0.467 e. The van der Waals surface area contributed by atoms with E-state index in [0.717, 1.165) is 0 Å². The van der Waals surface area contributed by atoms with Gasteiger partial charge in [-0.3, -0.25) is 4.79 Å². The molecule has 7 heteroatoms. The van der Waals surface area contributed by atoms with Gasteiger partial charge in [-0.25, -0.2) is 8.42 Å². The van der Waals surface area contributed by atoms with Gasteiger partial charge in [0.15, 0.2) is 0 Å². The van der Waals surface area contributed by atoms with Crippen molar-refractivity contribution in [3.8, 4) is 12.3 Å². The second-order valence-electron chi connectivity index (χ2n) is 4.77. The summed E-state index contributed by atoms with van der Waals surface area (Å²) in [7, 11) is -3.74. The van der Waals surface area contributed by atoms with Crippen molar-refractivity contribution in [2.75, 3.05) is 6.54 Å². The van der Waals surface area contributed by atoms with Gasteiger partial charge in [0.05, 0.1) is 23.7 Å². The zero-order valence-electron chi connectivity index (χ0n) is 12.4. The molecule has 120 valence electrons. The summed E-state index contributed by atoms with van der Waals surface area (Å²) >= 11 is 0. The molecule has 1 aromatic heterocycles. The van der Waals surface area contributed by atoms with Gasteiger partial charge in [0, 0.05) is 5.56 Å². The van der Waals surface area contributed by atoms with Crippen LogP contribution in [-0.4, -0.2) is 20.9 Å². The van der Waals surface area contributed by atoms with Crippen molar-refractivity contribution in [1.82, 2.24) is 10.0 Å². The largest absolute Gasteiger partial charge is 0.467 e. The number of furan rings is 1. The average molecular weight is 332 g/mol. The first-order chi connectivity index (χ1) is 10.9. The number of hydrogen-bond donors (Lipinski definition) is 2. The van der Waals surface area contributed by atoms with Gasteiger partial charge >= 0.3 is 0 Å². The summed E-state index contributed by atoms with van der Waals surface area (Å²) in [6, 6.07) is 8.85. The molecule has 1 heterocycles. The SMILES string of the molecule is C#CCNS(=O)(=O)c1cccc(C(=O)N[C@H](C)c2ccco2)c1. The topological polar surface area (TPSA) is 88.4 Å². The number of benzene rings is 1. The Morgan fingerprint density at radius 3 is 2.78 bits per heavy atom. The average Bonchev–Trinajstić information content (AvgIpc) is 3.07. The van der Waals surface area contributed by atoms with Crippen LogP contribution in [-0.2, 0) is 10.0 Å². The second-order valence-corrected chi connectivity index (χ2v) is 6.53. The van der Waals surface area contributed by atoms with Gasteiger partial charge < -0.3 is 9.73 Å². The molecule has 0 aliphatic carbocycles. The van der Waals surface area contributed by atoms with Crippen molar-refractivity contribution in [2.24, 2.45) is 0 Å². The summed E-state index contributed by atoms with van der Waals surface area (Å²) in [5.74, 6) is 2.40. The van der Waals surface area contributed by atoms with Crippen LogP contribution in [0.2, 0.25) is 0 Å². The van der Waals surface area contributed by atoms with Crippen LogP contribution < -0.4 is 10.0 Å². The zero-order valence-corrected chi connectivity index (χ0v) is 13.3. The van der Waals surface area contributed by atoms with Crippen LogP contribution in [0.4, 0.5) is 0 Å². The molecule has 0 saturated heterocycles. The minimum atomic E-state index is -3.74. The number of nitrogens with one attached hydrogen (secondary N) is 2. The molecule has 0 unspecified atom stereocenters. The third-order valence-corrected chi connectivity index (χ3v) is 4.49. The minimum absolute atomic E-state index is 0.0222. The van der Waals surface area contributed by atoms with E-state index in [1.165, 1.54) is 30.5 Å². The Hall–Kier alpha value is -2.56. The summed E-state index contributed by atoms with van der Waals surface area (Å²) in [4.78, 5) is 12.2. The smallest absolute Gasteiger partial charge is 0.251 e. The summed E-state index contributed by atoms with van der Waals surface area (Å²) in [5.41, 5.74) is 0.229. The molecular formula is C16H16N2O4S. The Balaban J connectivity index is 2.16. The number of rotatable bonds is 6. The van der Waals surface area contributed by atoms with Crippen molar-refractivity contribution in [3.63, 3.8) is 0 Å². The fraction of sp³-hybridized carbons (Fsp3) is 0.188. The summed E-state index contributed by atoms with van der Waals surface area (Å²) in [6.07, 6.45) is 6.56. The molecule has 6 nitrogen and oxygen atoms in total.